The fraction of sp³-hybridized carbons (Fsp3) is 0.192. The van der Waals surface area contributed by atoms with Crippen LogP contribution in [0.1, 0.15) is 33.3 Å². The van der Waals surface area contributed by atoms with Crippen LogP contribution in [0.3, 0.4) is 0 Å². The van der Waals surface area contributed by atoms with Gasteiger partial charge in [-0.2, -0.15) is 0 Å². The molecule has 35 heavy (non-hydrogen) atoms. The van der Waals surface area contributed by atoms with Gasteiger partial charge in [0.15, 0.2) is 16.9 Å². The quantitative estimate of drug-likeness (QED) is 0.421. The number of ether oxygens (including phenoxy) is 3. The second-order valence-electron chi connectivity index (χ2n) is 8.04. The van der Waals surface area contributed by atoms with Gasteiger partial charge in [-0.25, -0.2) is 9.37 Å². The standard InChI is InChI=1S/C26H21FN2O6/c1-13-5-8-20(28-12-13)29-22(14-9-18(32-2)24(34-4)19(10-14)33-3)21-23(30)16-11-15(27)6-7-17(16)35-25(21)26(29)31/h5-12,22H,1-4H3. The van der Waals surface area contributed by atoms with Crippen molar-refractivity contribution in [3.8, 4) is 17.2 Å². The molecule has 0 fully saturated rings. The van der Waals surface area contributed by atoms with Gasteiger partial charge in [0.1, 0.15) is 17.2 Å². The van der Waals surface area contributed by atoms with Gasteiger partial charge in [-0.15, -0.1) is 0 Å². The molecule has 5 rings (SSSR count). The number of halogens is 1. The molecule has 1 aliphatic rings. The van der Waals surface area contributed by atoms with Crippen LogP contribution < -0.4 is 24.5 Å². The number of fused-ring (bicyclic) bond motifs is 2. The predicted molar refractivity (Wildman–Crippen MR) is 126 cm³/mol. The van der Waals surface area contributed by atoms with E-state index in [0.29, 0.717) is 28.6 Å². The number of carbonyl (C=O) groups is 1. The van der Waals surface area contributed by atoms with Crippen molar-refractivity contribution in [2.24, 2.45) is 0 Å². The number of hydrogen-bond donors (Lipinski definition) is 0. The smallest absolute Gasteiger partial charge is 0.296 e. The highest BCUT2D eigenvalue weighted by atomic mass is 19.1. The third-order valence-corrected chi connectivity index (χ3v) is 5.98. The van der Waals surface area contributed by atoms with Gasteiger partial charge in [-0.3, -0.25) is 14.5 Å². The highest BCUT2D eigenvalue weighted by molar-refractivity contribution is 6.10. The molecule has 0 N–H and O–H groups in total. The maximum Gasteiger partial charge on any atom is 0.296 e. The molecule has 1 aliphatic heterocycles. The van der Waals surface area contributed by atoms with Gasteiger partial charge in [0, 0.05) is 6.20 Å². The van der Waals surface area contributed by atoms with Crippen LogP contribution in [0.5, 0.6) is 17.2 Å². The Morgan fingerprint density at radius 1 is 0.971 bits per heavy atom. The fourth-order valence-corrected chi connectivity index (χ4v) is 4.36. The second-order valence-corrected chi connectivity index (χ2v) is 8.04. The zero-order valence-corrected chi connectivity index (χ0v) is 19.4. The molecule has 9 heteroatoms. The summed E-state index contributed by atoms with van der Waals surface area (Å²) >= 11 is 0. The van der Waals surface area contributed by atoms with E-state index >= 15 is 0 Å². The average Bonchev–Trinajstić information content (AvgIpc) is 3.16. The second kappa shape index (κ2) is 8.43. The van der Waals surface area contributed by atoms with E-state index in [2.05, 4.69) is 4.98 Å². The van der Waals surface area contributed by atoms with E-state index in [1.54, 1.807) is 24.4 Å². The zero-order chi connectivity index (χ0) is 24.9. The van der Waals surface area contributed by atoms with Crippen LogP contribution in [0.4, 0.5) is 10.2 Å². The molecule has 1 atom stereocenters. The number of hydrogen-bond acceptors (Lipinski definition) is 7. The lowest BCUT2D eigenvalue weighted by atomic mass is 9.97. The van der Waals surface area contributed by atoms with Crippen LogP contribution in [0.2, 0.25) is 0 Å². The van der Waals surface area contributed by atoms with E-state index in [1.807, 2.05) is 13.0 Å². The minimum atomic E-state index is -0.940. The first-order valence-electron chi connectivity index (χ1n) is 10.7. The molecule has 0 radical (unpaired) electrons. The van der Waals surface area contributed by atoms with Crippen molar-refractivity contribution in [1.29, 1.82) is 0 Å². The van der Waals surface area contributed by atoms with Crippen molar-refractivity contribution in [2.75, 3.05) is 26.2 Å². The number of rotatable bonds is 5. The van der Waals surface area contributed by atoms with Crippen molar-refractivity contribution in [3.05, 3.63) is 87.2 Å². The molecule has 8 nitrogen and oxygen atoms in total. The molecule has 0 saturated carbocycles. The van der Waals surface area contributed by atoms with Gasteiger partial charge < -0.3 is 18.6 Å². The Morgan fingerprint density at radius 2 is 1.69 bits per heavy atom. The molecule has 0 saturated heterocycles. The van der Waals surface area contributed by atoms with E-state index in [1.165, 1.54) is 38.4 Å². The van der Waals surface area contributed by atoms with E-state index in [4.69, 9.17) is 18.6 Å². The molecular formula is C26H21FN2O6. The summed E-state index contributed by atoms with van der Waals surface area (Å²) in [4.78, 5) is 33.1. The number of carbonyl (C=O) groups excluding carboxylic acids is 1. The van der Waals surface area contributed by atoms with Crippen LogP contribution in [-0.2, 0) is 0 Å². The van der Waals surface area contributed by atoms with Crippen LogP contribution in [0.25, 0.3) is 11.0 Å². The summed E-state index contributed by atoms with van der Waals surface area (Å²) in [5.41, 5.74) is 1.08. The molecular weight excluding hydrogens is 455 g/mol. The van der Waals surface area contributed by atoms with Crippen molar-refractivity contribution < 1.29 is 27.8 Å². The van der Waals surface area contributed by atoms with Crippen LogP contribution >= 0.6 is 0 Å². The number of aromatic nitrogens is 1. The summed E-state index contributed by atoms with van der Waals surface area (Å²) in [7, 11) is 4.42. The lowest BCUT2D eigenvalue weighted by Gasteiger charge is -2.25. The molecule has 2 aromatic heterocycles. The Labute approximate surface area is 199 Å². The van der Waals surface area contributed by atoms with Crippen LogP contribution in [-0.4, -0.2) is 32.2 Å². The van der Waals surface area contributed by atoms with Crippen molar-refractivity contribution in [2.45, 2.75) is 13.0 Å². The fourth-order valence-electron chi connectivity index (χ4n) is 4.36. The minimum Gasteiger partial charge on any atom is -0.493 e. The average molecular weight is 476 g/mol. The number of amides is 1. The summed E-state index contributed by atoms with van der Waals surface area (Å²) in [6.45, 7) is 1.88. The first-order valence-corrected chi connectivity index (χ1v) is 10.7. The Balaban J connectivity index is 1.84. The summed E-state index contributed by atoms with van der Waals surface area (Å²) in [6, 6.07) is 9.49. The SMILES string of the molecule is COc1cc(C2c3c(oc4ccc(F)cc4c3=O)C(=O)N2c2ccc(C)cn2)cc(OC)c1OC. The molecule has 0 bridgehead atoms. The molecule has 1 unspecified atom stereocenters. The Kier molecular flexibility index (Phi) is 5.39. The molecule has 178 valence electrons. The summed E-state index contributed by atoms with van der Waals surface area (Å²) < 4.78 is 36.3. The minimum absolute atomic E-state index is 0.0349. The lowest BCUT2D eigenvalue weighted by Crippen LogP contribution is -2.30. The van der Waals surface area contributed by atoms with Gasteiger partial charge in [-0.1, -0.05) is 6.07 Å². The summed E-state index contributed by atoms with van der Waals surface area (Å²) in [6.07, 6.45) is 1.62. The number of pyridine rings is 1. The summed E-state index contributed by atoms with van der Waals surface area (Å²) in [5, 5.41) is 0.0349. The Morgan fingerprint density at radius 3 is 2.29 bits per heavy atom. The van der Waals surface area contributed by atoms with Crippen molar-refractivity contribution in [1.82, 2.24) is 4.98 Å². The number of methoxy groups -OCH3 is 3. The molecule has 0 aliphatic carbocycles. The van der Waals surface area contributed by atoms with E-state index in [0.717, 1.165) is 11.6 Å². The Hall–Kier alpha value is -4.40. The number of aryl methyl sites for hydroxylation is 1. The summed E-state index contributed by atoms with van der Waals surface area (Å²) in [5.74, 6) is 0.104. The van der Waals surface area contributed by atoms with Gasteiger partial charge in [0.05, 0.1) is 38.3 Å². The normalized spacial score (nSPS) is 14.8. The number of nitrogens with zero attached hydrogens (tertiary/aromatic N) is 2. The number of benzene rings is 2. The topological polar surface area (TPSA) is 91.1 Å². The van der Waals surface area contributed by atoms with Gasteiger partial charge in [0.2, 0.25) is 11.5 Å². The van der Waals surface area contributed by atoms with E-state index in [-0.39, 0.29) is 22.3 Å². The first-order chi connectivity index (χ1) is 16.9. The zero-order valence-electron chi connectivity index (χ0n) is 19.4. The largest absolute Gasteiger partial charge is 0.493 e. The van der Waals surface area contributed by atoms with E-state index < -0.39 is 23.2 Å². The van der Waals surface area contributed by atoms with E-state index in [9.17, 15) is 14.0 Å². The van der Waals surface area contributed by atoms with Gasteiger partial charge in [0.25, 0.3) is 5.91 Å². The monoisotopic (exact) mass is 476 g/mol. The molecule has 4 aromatic rings. The molecule has 1 amide bonds. The Bertz CT molecular complexity index is 1500. The predicted octanol–water partition coefficient (Wildman–Crippen LogP) is 4.41. The lowest BCUT2D eigenvalue weighted by molar-refractivity contribution is 0.0970. The first kappa shape index (κ1) is 22.4. The maximum atomic E-state index is 14.0. The van der Waals surface area contributed by atoms with Gasteiger partial charge in [-0.05, 0) is 54.4 Å². The number of anilines is 1. The molecule has 2 aromatic carbocycles. The van der Waals surface area contributed by atoms with Crippen LogP contribution in [0.15, 0.2) is 57.9 Å². The van der Waals surface area contributed by atoms with Crippen LogP contribution in [0, 0.1) is 12.7 Å². The molecule has 0 spiro atoms. The highest BCUT2D eigenvalue weighted by Gasteiger charge is 2.45. The molecule has 3 heterocycles. The van der Waals surface area contributed by atoms with Gasteiger partial charge >= 0.3 is 0 Å². The van der Waals surface area contributed by atoms with Crippen molar-refractivity contribution in [3.63, 3.8) is 0 Å². The third kappa shape index (κ3) is 3.47. The highest BCUT2D eigenvalue weighted by Crippen LogP contribution is 2.46. The van der Waals surface area contributed by atoms with Crippen molar-refractivity contribution >= 4 is 22.7 Å². The third-order valence-electron chi connectivity index (χ3n) is 5.98. The maximum absolute atomic E-state index is 14.0.